The van der Waals surface area contributed by atoms with Gasteiger partial charge in [-0.3, -0.25) is 4.79 Å². The number of carbonyl (C=O) groups excluding carboxylic acids is 1. The van der Waals surface area contributed by atoms with E-state index >= 15 is 0 Å². The number of amides is 1. The summed E-state index contributed by atoms with van der Waals surface area (Å²) in [5, 5.41) is 23.2. The maximum Gasteiger partial charge on any atom is 0.220 e. The van der Waals surface area contributed by atoms with Crippen molar-refractivity contribution in [1.82, 2.24) is 5.32 Å². The van der Waals surface area contributed by atoms with Gasteiger partial charge in [-0.05, 0) is 38.5 Å². The maximum absolute atomic E-state index is 12.4. The Morgan fingerprint density at radius 1 is 0.426 bits per heavy atom. The van der Waals surface area contributed by atoms with Gasteiger partial charge in [-0.2, -0.15) is 0 Å². The summed E-state index contributed by atoms with van der Waals surface area (Å²) in [5.74, 6) is -0.0279. The molecule has 4 heteroatoms. The topological polar surface area (TPSA) is 69.6 Å². The summed E-state index contributed by atoms with van der Waals surface area (Å²) >= 11 is 0. The first-order valence-corrected chi connectivity index (χ1v) is 24.9. The van der Waals surface area contributed by atoms with Crippen LogP contribution in [0.2, 0.25) is 0 Å². The van der Waals surface area contributed by atoms with Crippen LogP contribution in [0.15, 0.2) is 12.2 Å². The van der Waals surface area contributed by atoms with Crippen LogP contribution in [0, 0.1) is 0 Å². The fraction of sp³-hybridized carbons (Fsp3) is 0.940. The highest BCUT2D eigenvalue weighted by Gasteiger charge is 2.20. The van der Waals surface area contributed by atoms with E-state index in [1.54, 1.807) is 0 Å². The molecule has 3 N–H and O–H groups in total. The number of rotatable bonds is 46. The SMILES string of the molecule is CCCCCCCCCCCCCC/C=C\CCCCCCCCCCCCCCCCC(=O)NC(CO)C(O)CCCCCCCCCCCCCC. The molecule has 0 aliphatic heterocycles. The molecule has 0 spiro atoms. The Labute approximate surface area is 339 Å². The quantitative estimate of drug-likeness (QED) is 0.0427. The fourth-order valence-electron chi connectivity index (χ4n) is 7.95. The molecule has 2 unspecified atom stereocenters. The number of carbonyl (C=O) groups is 1. The van der Waals surface area contributed by atoms with Crippen LogP contribution in [0.25, 0.3) is 0 Å². The second-order valence-corrected chi connectivity index (χ2v) is 17.2. The smallest absolute Gasteiger partial charge is 0.220 e. The predicted octanol–water partition coefficient (Wildman–Crippen LogP) is 15.8. The van der Waals surface area contributed by atoms with Crippen molar-refractivity contribution in [2.75, 3.05) is 6.61 Å². The lowest BCUT2D eigenvalue weighted by Gasteiger charge is -2.22. The molecule has 0 aromatic carbocycles. The first kappa shape index (κ1) is 53.1. The number of nitrogens with one attached hydrogen (secondary N) is 1. The molecule has 4 nitrogen and oxygen atoms in total. The van der Waals surface area contributed by atoms with Crippen molar-refractivity contribution in [2.24, 2.45) is 0 Å². The van der Waals surface area contributed by atoms with Gasteiger partial charge in [-0.1, -0.05) is 251 Å². The molecule has 0 heterocycles. The Morgan fingerprint density at radius 3 is 1.02 bits per heavy atom. The van der Waals surface area contributed by atoms with Gasteiger partial charge in [0.15, 0.2) is 0 Å². The van der Waals surface area contributed by atoms with E-state index in [2.05, 4.69) is 31.3 Å². The highest BCUT2D eigenvalue weighted by molar-refractivity contribution is 5.76. The number of aliphatic hydroxyl groups excluding tert-OH is 2. The number of aliphatic hydroxyl groups is 2. The van der Waals surface area contributed by atoms with Crippen LogP contribution >= 0.6 is 0 Å². The van der Waals surface area contributed by atoms with E-state index in [4.69, 9.17) is 0 Å². The molecule has 54 heavy (non-hydrogen) atoms. The van der Waals surface area contributed by atoms with E-state index in [0.717, 1.165) is 25.7 Å². The van der Waals surface area contributed by atoms with Gasteiger partial charge in [-0.15, -0.1) is 0 Å². The van der Waals surface area contributed by atoms with Crippen LogP contribution in [-0.2, 0) is 4.79 Å². The van der Waals surface area contributed by atoms with E-state index in [-0.39, 0.29) is 12.5 Å². The fourth-order valence-corrected chi connectivity index (χ4v) is 7.95. The molecule has 0 saturated heterocycles. The average molecular weight is 762 g/mol. The number of hydrogen-bond donors (Lipinski definition) is 3. The van der Waals surface area contributed by atoms with E-state index < -0.39 is 12.1 Å². The molecule has 0 aromatic heterocycles. The molecule has 1 amide bonds. The molecule has 0 aromatic rings. The lowest BCUT2D eigenvalue weighted by atomic mass is 10.0. The first-order chi connectivity index (χ1) is 26.7. The normalized spacial score (nSPS) is 12.9. The third kappa shape index (κ3) is 42.3. The minimum Gasteiger partial charge on any atom is -0.394 e. The lowest BCUT2D eigenvalue weighted by molar-refractivity contribution is -0.123. The van der Waals surface area contributed by atoms with Gasteiger partial charge in [0.25, 0.3) is 0 Å². The number of unbranched alkanes of at least 4 members (excludes halogenated alkanes) is 37. The van der Waals surface area contributed by atoms with Crippen molar-refractivity contribution in [3.63, 3.8) is 0 Å². The van der Waals surface area contributed by atoms with Crippen molar-refractivity contribution < 1.29 is 15.0 Å². The van der Waals surface area contributed by atoms with Crippen molar-refractivity contribution in [2.45, 2.75) is 296 Å². The van der Waals surface area contributed by atoms with Gasteiger partial charge in [0.2, 0.25) is 5.91 Å². The van der Waals surface area contributed by atoms with Crippen molar-refractivity contribution in [3.05, 3.63) is 12.2 Å². The first-order valence-electron chi connectivity index (χ1n) is 24.9. The van der Waals surface area contributed by atoms with E-state index in [9.17, 15) is 15.0 Å². The number of hydrogen-bond acceptors (Lipinski definition) is 3. The Kier molecular flexibility index (Phi) is 45.8. The van der Waals surface area contributed by atoms with Crippen LogP contribution in [0.5, 0.6) is 0 Å². The highest BCUT2D eigenvalue weighted by Crippen LogP contribution is 2.17. The maximum atomic E-state index is 12.4. The number of allylic oxidation sites excluding steroid dienone is 2. The third-order valence-corrected chi connectivity index (χ3v) is 11.8. The van der Waals surface area contributed by atoms with Crippen molar-refractivity contribution in [3.8, 4) is 0 Å². The second kappa shape index (κ2) is 46.5. The van der Waals surface area contributed by atoms with Crippen molar-refractivity contribution in [1.29, 1.82) is 0 Å². The van der Waals surface area contributed by atoms with Crippen molar-refractivity contribution >= 4 is 5.91 Å². The average Bonchev–Trinajstić information content (AvgIpc) is 3.18. The van der Waals surface area contributed by atoms with Gasteiger partial charge in [0.05, 0.1) is 18.8 Å². The van der Waals surface area contributed by atoms with Gasteiger partial charge in [0.1, 0.15) is 0 Å². The van der Waals surface area contributed by atoms with Crippen LogP contribution in [-0.4, -0.2) is 34.9 Å². The Morgan fingerprint density at radius 2 is 0.704 bits per heavy atom. The van der Waals surface area contributed by atoms with E-state index in [1.807, 2.05) is 0 Å². The highest BCUT2D eigenvalue weighted by atomic mass is 16.3. The summed E-state index contributed by atoms with van der Waals surface area (Å²) in [7, 11) is 0. The summed E-state index contributed by atoms with van der Waals surface area (Å²) in [5.41, 5.74) is 0. The minimum atomic E-state index is -0.654. The molecule has 0 radical (unpaired) electrons. The lowest BCUT2D eigenvalue weighted by Crippen LogP contribution is -2.45. The predicted molar refractivity (Wildman–Crippen MR) is 239 cm³/mol. The molecule has 322 valence electrons. The van der Waals surface area contributed by atoms with Gasteiger partial charge in [-0.25, -0.2) is 0 Å². The van der Waals surface area contributed by atoms with Gasteiger partial charge < -0.3 is 15.5 Å². The largest absolute Gasteiger partial charge is 0.394 e. The molecular weight excluding hydrogens is 663 g/mol. The summed E-state index contributed by atoms with van der Waals surface area (Å²) in [4.78, 5) is 12.4. The third-order valence-electron chi connectivity index (χ3n) is 11.8. The van der Waals surface area contributed by atoms with E-state index in [1.165, 1.54) is 231 Å². The summed E-state index contributed by atoms with van der Waals surface area (Å²) in [6, 6.07) is -0.531. The zero-order chi connectivity index (χ0) is 39.3. The zero-order valence-electron chi connectivity index (χ0n) is 37.0. The Hall–Kier alpha value is -0.870. The van der Waals surface area contributed by atoms with Gasteiger partial charge >= 0.3 is 0 Å². The zero-order valence-corrected chi connectivity index (χ0v) is 37.0. The standard InChI is InChI=1S/C50H99NO3/c1-3-5-7-9-11-13-15-17-18-19-20-21-22-23-24-25-26-27-28-29-30-31-32-33-34-36-38-40-42-44-46-50(54)51-48(47-52)49(53)45-43-41-39-37-35-16-14-12-10-8-6-4-2/h23-24,48-49,52-53H,3-22,25-47H2,1-2H3,(H,51,54)/b24-23-. The molecule has 0 aliphatic carbocycles. The molecule has 0 rings (SSSR count). The summed E-state index contributed by atoms with van der Waals surface area (Å²) in [6.45, 7) is 4.37. The molecule has 0 fully saturated rings. The molecule has 0 aliphatic rings. The van der Waals surface area contributed by atoms with Crippen LogP contribution in [0.3, 0.4) is 0 Å². The van der Waals surface area contributed by atoms with Gasteiger partial charge in [0, 0.05) is 6.42 Å². The molecule has 0 saturated carbocycles. The van der Waals surface area contributed by atoms with Crippen LogP contribution in [0.4, 0.5) is 0 Å². The van der Waals surface area contributed by atoms with Crippen LogP contribution < -0.4 is 5.32 Å². The summed E-state index contributed by atoms with van der Waals surface area (Å²) < 4.78 is 0. The van der Waals surface area contributed by atoms with E-state index in [0.29, 0.717) is 12.8 Å². The van der Waals surface area contributed by atoms with Crippen LogP contribution in [0.1, 0.15) is 284 Å². The summed E-state index contributed by atoms with van der Waals surface area (Å²) in [6.07, 6.45) is 58.9. The molecule has 2 atom stereocenters. The Bertz CT molecular complexity index is 739. The monoisotopic (exact) mass is 762 g/mol. The molecular formula is C50H99NO3. The Balaban J connectivity index is 3.40. The minimum absolute atomic E-state index is 0.0279. The molecule has 0 bridgehead atoms. The second-order valence-electron chi connectivity index (χ2n) is 17.2.